The topological polar surface area (TPSA) is 55.2 Å². The van der Waals surface area contributed by atoms with Gasteiger partial charge < -0.3 is 9.84 Å². The molecule has 0 fully saturated rings. The van der Waals surface area contributed by atoms with Crippen LogP contribution in [0.5, 0.6) is 5.75 Å². The predicted octanol–water partition coefficient (Wildman–Crippen LogP) is 2.41. The van der Waals surface area contributed by atoms with Crippen LogP contribution in [0.25, 0.3) is 0 Å². The number of hydrogen-bond acceptors (Lipinski definition) is 4. The van der Waals surface area contributed by atoms with Crippen LogP contribution >= 0.6 is 11.6 Å². The van der Waals surface area contributed by atoms with Gasteiger partial charge in [-0.2, -0.15) is 10.2 Å². The fourth-order valence-electron chi connectivity index (χ4n) is 1.73. The van der Waals surface area contributed by atoms with Crippen molar-refractivity contribution >= 4 is 11.6 Å². The molecule has 1 heterocycles. The Labute approximate surface area is 110 Å². The molecule has 1 unspecified atom stereocenters. The molecular formula is C13H13ClN2O2. The van der Waals surface area contributed by atoms with E-state index in [1.807, 2.05) is 0 Å². The maximum Gasteiger partial charge on any atom is 0.122 e. The standard InChI is InChI=1S/C13H13ClN2O2/c1-18-13-3-2-11(14)6-10(13)7-12(17)9-4-5-15-16-8-9/h2-6,8,12,17H,7H2,1H3. The van der Waals surface area contributed by atoms with Gasteiger partial charge in [-0.05, 0) is 29.8 Å². The third-order valence-corrected chi connectivity index (χ3v) is 2.88. The van der Waals surface area contributed by atoms with E-state index in [4.69, 9.17) is 16.3 Å². The van der Waals surface area contributed by atoms with Crippen molar-refractivity contribution in [2.45, 2.75) is 12.5 Å². The molecule has 2 rings (SSSR count). The molecule has 0 saturated carbocycles. The molecule has 0 amide bonds. The number of nitrogens with zero attached hydrogens (tertiary/aromatic N) is 2. The van der Waals surface area contributed by atoms with Crippen molar-refractivity contribution < 1.29 is 9.84 Å². The summed E-state index contributed by atoms with van der Waals surface area (Å²) in [7, 11) is 1.59. The number of ether oxygens (including phenoxy) is 1. The van der Waals surface area contributed by atoms with E-state index >= 15 is 0 Å². The summed E-state index contributed by atoms with van der Waals surface area (Å²) in [5.74, 6) is 0.709. The molecule has 0 aliphatic heterocycles. The van der Waals surface area contributed by atoms with Gasteiger partial charge in [-0.15, -0.1) is 0 Å². The molecule has 1 aromatic carbocycles. The predicted molar refractivity (Wildman–Crippen MR) is 68.7 cm³/mol. The van der Waals surface area contributed by atoms with Crippen molar-refractivity contribution in [3.05, 3.63) is 52.8 Å². The van der Waals surface area contributed by atoms with Crippen molar-refractivity contribution in [3.63, 3.8) is 0 Å². The zero-order chi connectivity index (χ0) is 13.0. The molecule has 0 bridgehead atoms. The third-order valence-electron chi connectivity index (χ3n) is 2.65. The molecule has 0 spiro atoms. The maximum atomic E-state index is 10.1. The monoisotopic (exact) mass is 264 g/mol. The first-order valence-electron chi connectivity index (χ1n) is 5.48. The van der Waals surface area contributed by atoms with Crippen molar-refractivity contribution in [3.8, 4) is 5.75 Å². The number of rotatable bonds is 4. The Kier molecular flexibility index (Phi) is 4.12. The van der Waals surface area contributed by atoms with E-state index in [2.05, 4.69) is 10.2 Å². The highest BCUT2D eigenvalue weighted by molar-refractivity contribution is 6.30. The first-order valence-corrected chi connectivity index (χ1v) is 5.85. The Morgan fingerprint density at radius 1 is 1.33 bits per heavy atom. The van der Waals surface area contributed by atoms with Gasteiger partial charge in [0.05, 0.1) is 19.4 Å². The van der Waals surface area contributed by atoms with Crippen LogP contribution in [0.3, 0.4) is 0 Å². The lowest BCUT2D eigenvalue weighted by Gasteiger charge is -2.13. The molecular weight excluding hydrogens is 252 g/mol. The van der Waals surface area contributed by atoms with E-state index in [9.17, 15) is 5.11 Å². The fourth-order valence-corrected chi connectivity index (χ4v) is 1.93. The lowest BCUT2D eigenvalue weighted by molar-refractivity contribution is 0.176. The van der Waals surface area contributed by atoms with Crippen LogP contribution in [-0.2, 0) is 6.42 Å². The summed E-state index contributed by atoms with van der Waals surface area (Å²) in [6.07, 6.45) is 2.85. The summed E-state index contributed by atoms with van der Waals surface area (Å²) < 4.78 is 5.24. The molecule has 0 aliphatic carbocycles. The zero-order valence-electron chi connectivity index (χ0n) is 9.88. The number of halogens is 1. The summed E-state index contributed by atoms with van der Waals surface area (Å²) in [6, 6.07) is 7.06. The first kappa shape index (κ1) is 12.8. The van der Waals surface area contributed by atoms with Gasteiger partial charge in [-0.1, -0.05) is 11.6 Å². The Balaban J connectivity index is 2.21. The number of aliphatic hydroxyl groups is 1. The molecule has 5 heteroatoms. The quantitative estimate of drug-likeness (QED) is 0.921. The van der Waals surface area contributed by atoms with Crippen molar-refractivity contribution in [1.82, 2.24) is 10.2 Å². The van der Waals surface area contributed by atoms with Gasteiger partial charge in [-0.3, -0.25) is 0 Å². The molecule has 0 radical (unpaired) electrons. The molecule has 4 nitrogen and oxygen atoms in total. The van der Waals surface area contributed by atoms with Crippen LogP contribution in [0.2, 0.25) is 5.02 Å². The summed E-state index contributed by atoms with van der Waals surface area (Å²) in [6.45, 7) is 0. The number of aromatic nitrogens is 2. The number of aliphatic hydroxyl groups excluding tert-OH is 1. The largest absolute Gasteiger partial charge is 0.496 e. The average Bonchev–Trinajstić information content (AvgIpc) is 2.40. The summed E-state index contributed by atoms with van der Waals surface area (Å²) in [5, 5.41) is 18.2. The van der Waals surface area contributed by atoms with Crippen LogP contribution in [0.1, 0.15) is 17.2 Å². The zero-order valence-corrected chi connectivity index (χ0v) is 10.6. The Morgan fingerprint density at radius 3 is 2.83 bits per heavy atom. The van der Waals surface area contributed by atoms with Gasteiger partial charge in [0.25, 0.3) is 0 Å². The fraction of sp³-hybridized carbons (Fsp3) is 0.231. The molecule has 18 heavy (non-hydrogen) atoms. The van der Waals surface area contributed by atoms with Crippen LogP contribution in [0, 0.1) is 0 Å². The van der Waals surface area contributed by atoms with Crippen LogP contribution in [0.15, 0.2) is 36.7 Å². The van der Waals surface area contributed by atoms with E-state index < -0.39 is 6.10 Å². The summed E-state index contributed by atoms with van der Waals surface area (Å²) in [4.78, 5) is 0. The van der Waals surface area contributed by atoms with Gasteiger partial charge in [-0.25, -0.2) is 0 Å². The van der Waals surface area contributed by atoms with Crippen molar-refractivity contribution in [2.75, 3.05) is 7.11 Å². The smallest absolute Gasteiger partial charge is 0.122 e. The Hall–Kier alpha value is -1.65. The van der Waals surface area contributed by atoms with E-state index in [-0.39, 0.29) is 0 Å². The van der Waals surface area contributed by atoms with E-state index in [1.165, 1.54) is 0 Å². The lowest BCUT2D eigenvalue weighted by atomic mass is 10.0. The highest BCUT2D eigenvalue weighted by Gasteiger charge is 2.12. The molecule has 0 aliphatic rings. The highest BCUT2D eigenvalue weighted by atomic mass is 35.5. The molecule has 1 N–H and O–H groups in total. The molecule has 1 aromatic heterocycles. The van der Waals surface area contributed by atoms with Crippen LogP contribution < -0.4 is 4.74 Å². The van der Waals surface area contributed by atoms with Gasteiger partial charge >= 0.3 is 0 Å². The van der Waals surface area contributed by atoms with Gasteiger partial charge in [0, 0.05) is 23.2 Å². The highest BCUT2D eigenvalue weighted by Crippen LogP contribution is 2.27. The van der Waals surface area contributed by atoms with Crippen LogP contribution in [0.4, 0.5) is 0 Å². The van der Waals surface area contributed by atoms with E-state index in [1.54, 1.807) is 43.8 Å². The van der Waals surface area contributed by atoms with Crippen molar-refractivity contribution in [2.24, 2.45) is 0 Å². The van der Waals surface area contributed by atoms with E-state index in [0.29, 0.717) is 22.8 Å². The minimum Gasteiger partial charge on any atom is -0.496 e. The SMILES string of the molecule is COc1ccc(Cl)cc1CC(O)c1ccnnc1. The number of benzene rings is 1. The molecule has 94 valence electrons. The minimum absolute atomic E-state index is 0.412. The van der Waals surface area contributed by atoms with Gasteiger partial charge in [0.15, 0.2) is 0 Å². The minimum atomic E-state index is -0.659. The number of hydrogen-bond donors (Lipinski definition) is 1. The molecule has 0 saturated heterocycles. The third kappa shape index (κ3) is 2.97. The summed E-state index contributed by atoms with van der Waals surface area (Å²) >= 11 is 5.94. The van der Waals surface area contributed by atoms with Gasteiger partial charge in [0.1, 0.15) is 5.75 Å². The second kappa shape index (κ2) is 5.80. The van der Waals surface area contributed by atoms with Gasteiger partial charge in [0.2, 0.25) is 0 Å². The second-order valence-corrected chi connectivity index (χ2v) is 4.29. The second-order valence-electron chi connectivity index (χ2n) is 3.85. The number of methoxy groups -OCH3 is 1. The molecule has 2 aromatic rings. The molecule has 1 atom stereocenters. The summed E-state index contributed by atoms with van der Waals surface area (Å²) in [5.41, 5.74) is 1.57. The Morgan fingerprint density at radius 2 is 2.17 bits per heavy atom. The maximum absolute atomic E-state index is 10.1. The lowest BCUT2D eigenvalue weighted by Crippen LogP contribution is -2.04. The van der Waals surface area contributed by atoms with E-state index in [0.717, 1.165) is 5.56 Å². The first-order chi connectivity index (χ1) is 8.70. The normalized spacial score (nSPS) is 12.2. The average molecular weight is 265 g/mol. The van der Waals surface area contributed by atoms with Crippen LogP contribution in [-0.4, -0.2) is 22.4 Å². The Bertz CT molecular complexity index is 520. The van der Waals surface area contributed by atoms with Crippen molar-refractivity contribution in [1.29, 1.82) is 0 Å².